The molecule has 8 heteroatoms. The molecule has 1 aromatic carbocycles. The Balaban J connectivity index is 1.41. The molecule has 1 atom stereocenters. The lowest BCUT2D eigenvalue weighted by Crippen LogP contribution is -2.43. The third-order valence-electron chi connectivity index (χ3n) is 4.90. The molecule has 0 saturated carbocycles. The Bertz CT molecular complexity index is 954. The van der Waals surface area contributed by atoms with Gasteiger partial charge in [0.1, 0.15) is 5.82 Å². The molecule has 0 unspecified atom stereocenters. The predicted octanol–water partition coefficient (Wildman–Crippen LogP) is 2.62. The average molecular weight is 385 g/mol. The van der Waals surface area contributed by atoms with E-state index in [9.17, 15) is 4.79 Å². The van der Waals surface area contributed by atoms with Crippen LogP contribution >= 0.6 is 11.6 Å². The average Bonchev–Trinajstić information content (AvgIpc) is 3.08. The first-order valence-corrected chi connectivity index (χ1v) is 9.44. The highest BCUT2D eigenvalue weighted by Crippen LogP contribution is 2.22. The van der Waals surface area contributed by atoms with E-state index >= 15 is 0 Å². The van der Waals surface area contributed by atoms with Gasteiger partial charge in [-0.3, -0.25) is 4.79 Å². The number of anilines is 1. The molecule has 0 spiro atoms. The molecule has 1 aliphatic rings. The maximum Gasteiger partial charge on any atom is 0.225 e. The quantitative estimate of drug-likeness (QED) is 0.748. The molecule has 0 bridgehead atoms. The molecule has 27 heavy (non-hydrogen) atoms. The van der Waals surface area contributed by atoms with E-state index in [2.05, 4.69) is 25.5 Å². The number of nitrogens with zero attached hydrogens (tertiary/aromatic N) is 5. The molecule has 1 amide bonds. The molecule has 3 aromatic rings. The van der Waals surface area contributed by atoms with Crippen molar-refractivity contribution in [3.63, 3.8) is 0 Å². The van der Waals surface area contributed by atoms with Crippen LogP contribution < -0.4 is 10.2 Å². The second kappa shape index (κ2) is 7.52. The Morgan fingerprint density at radius 1 is 1.22 bits per heavy atom. The third-order valence-corrected chi connectivity index (χ3v) is 5.15. The molecule has 1 saturated heterocycles. The van der Waals surface area contributed by atoms with Gasteiger partial charge in [0.25, 0.3) is 0 Å². The van der Waals surface area contributed by atoms with E-state index in [0.717, 1.165) is 42.2 Å². The number of fused-ring (bicyclic) bond motifs is 1. The van der Waals surface area contributed by atoms with Crippen molar-refractivity contribution in [2.45, 2.75) is 26.3 Å². The lowest BCUT2D eigenvalue weighted by Gasteiger charge is -2.32. The number of rotatable bonds is 4. The number of nitrogens with one attached hydrogen (secondary N) is 1. The maximum absolute atomic E-state index is 12.6. The van der Waals surface area contributed by atoms with Crippen molar-refractivity contribution >= 4 is 29.0 Å². The van der Waals surface area contributed by atoms with Crippen molar-refractivity contribution in [1.82, 2.24) is 25.1 Å². The summed E-state index contributed by atoms with van der Waals surface area (Å²) in [5.74, 6) is 1.63. The zero-order valence-electron chi connectivity index (χ0n) is 15.1. The maximum atomic E-state index is 12.6. The number of carbonyl (C=O) groups excluding carboxylic acids is 1. The van der Waals surface area contributed by atoms with Crippen molar-refractivity contribution < 1.29 is 4.79 Å². The Labute approximate surface area is 162 Å². The topological polar surface area (TPSA) is 75.4 Å². The molecule has 7 nitrogen and oxygen atoms in total. The summed E-state index contributed by atoms with van der Waals surface area (Å²) in [7, 11) is 0. The highest BCUT2D eigenvalue weighted by Gasteiger charge is 2.26. The summed E-state index contributed by atoms with van der Waals surface area (Å²) in [6.07, 6.45) is 1.84. The summed E-state index contributed by atoms with van der Waals surface area (Å²) in [6.45, 7) is 3.93. The highest BCUT2D eigenvalue weighted by atomic mass is 35.5. The number of amides is 1. The van der Waals surface area contributed by atoms with Crippen LogP contribution in [0.4, 0.5) is 5.82 Å². The molecule has 3 heterocycles. The van der Waals surface area contributed by atoms with Gasteiger partial charge >= 0.3 is 0 Å². The third kappa shape index (κ3) is 3.88. The van der Waals surface area contributed by atoms with Gasteiger partial charge in [0.2, 0.25) is 5.91 Å². The number of benzene rings is 1. The van der Waals surface area contributed by atoms with Crippen molar-refractivity contribution in [1.29, 1.82) is 0 Å². The first-order chi connectivity index (χ1) is 13.1. The van der Waals surface area contributed by atoms with E-state index in [4.69, 9.17) is 11.6 Å². The number of aryl methyl sites for hydroxylation is 1. The normalized spacial score (nSPS) is 17.3. The first kappa shape index (κ1) is 17.7. The van der Waals surface area contributed by atoms with E-state index in [0.29, 0.717) is 18.1 Å². The Hall–Kier alpha value is -2.67. The lowest BCUT2D eigenvalue weighted by molar-refractivity contribution is -0.125. The van der Waals surface area contributed by atoms with Crippen LogP contribution in [-0.2, 0) is 11.3 Å². The summed E-state index contributed by atoms with van der Waals surface area (Å²) < 4.78 is 1.74. The second-order valence-electron chi connectivity index (χ2n) is 6.84. The monoisotopic (exact) mass is 384 g/mol. The lowest BCUT2D eigenvalue weighted by atomic mass is 9.97. The summed E-state index contributed by atoms with van der Waals surface area (Å²) >= 11 is 5.90. The van der Waals surface area contributed by atoms with Gasteiger partial charge in [-0.2, -0.15) is 4.52 Å². The van der Waals surface area contributed by atoms with Crippen LogP contribution in [0.15, 0.2) is 36.4 Å². The summed E-state index contributed by atoms with van der Waals surface area (Å²) in [6, 6.07) is 11.4. The van der Waals surface area contributed by atoms with Gasteiger partial charge in [0, 0.05) is 24.7 Å². The first-order valence-electron chi connectivity index (χ1n) is 9.06. The van der Waals surface area contributed by atoms with Gasteiger partial charge < -0.3 is 10.2 Å². The molecule has 140 valence electrons. The minimum Gasteiger partial charge on any atom is -0.354 e. The fraction of sp³-hybridized carbons (Fsp3) is 0.368. The van der Waals surface area contributed by atoms with Crippen LogP contribution in [0.1, 0.15) is 24.2 Å². The van der Waals surface area contributed by atoms with E-state index in [-0.39, 0.29) is 11.8 Å². The zero-order valence-corrected chi connectivity index (χ0v) is 15.9. The molecule has 1 fully saturated rings. The molecule has 2 aromatic heterocycles. The molecule has 1 N–H and O–H groups in total. The van der Waals surface area contributed by atoms with Crippen LogP contribution in [0.25, 0.3) is 5.65 Å². The molecule has 0 aliphatic carbocycles. The number of aromatic nitrogens is 4. The Morgan fingerprint density at radius 3 is 2.85 bits per heavy atom. The van der Waals surface area contributed by atoms with Crippen LogP contribution in [0.5, 0.6) is 0 Å². The molecular weight excluding hydrogens is 364 g/mol. The fourth-order valence-electron chi connectivity index (χ4n) is 3.39. The van der Waals surface area contributed by atoms with Gasteiger partial charge in [-0.25, -0.2) is 0 Å². The number of piperidine rings is 1. The zero-order chi connectivity index (χ0) is 18.8. The smallest absolute Gasteiger partial charge is 0.225 e. The number of halogens is 1. The molecule has 0 radical (unpaired) electrons. The second-order valence-corrected chi connectivity index (χ2v) is 7.27. The Morgan fingerprint density at radius 2 is 2.04 bits per heavy atom. The standard InChI is InChI=1S/C19H21ClN6O/c1-13-22-23-17-8-9-18(24-26(13)17)25-10-2-3-15(12-25)19(27)21-11-14-4-6-16(20)7-5-14/h4-9,15H,2-3,10-12H2,1H3,(H,21,27)/t15-/m0/s1. The van der Waals surface area contributed by atoms with E-state index in [1.54, 1.807) is 4.52 Å². The minimum atomic E-state index is -0.0504. The largest absolute Gasteiger partial charge is 0.354 e. The fourth-order valence-corrected chi connectivity index (χ4v) is 3.52. The van der Waals surface area contributed by atoms with Crippen LogP contribution in [0, 0.1) is 12.8 Å². The number of carbonyl (C=O) groups is 1. The Kier molecular flexibility index (Phi) is 4.94. The van der Waals surface area contributed by atoms with Crippen LogP contribution in [-0.4, -0.2) is 38.8 Å². The molecular formula is C19H21ClN6O. The minimum absolute atomic E-state index is 0.0504. The molecule has 1 aliphatic heterocycles. The molecule has 4 rings (SSSR count). The van der Waals surface area contributed by atoms with Crippen molar-refractivity contribution in [3.05, 3.63) is 52.8 Å². The van der Waals surface area contributed by atoms with Gasteiger partial charge in [0.15, 0.2) is 11.5 Å². The van der Waals surface area contributed by atoms with E-state index < -0.39 is 0 Å². The van der Waals surface area contributed by atoms with Crippen molar-refractivity contribution in [2.75, 3.05) is 18.0 Å². The van der Waals surface area contributed by atoms with Crippen LogP contribution in [0.2, 0.25) is 5.02 Å². The SMILES string of the molecule is Cc1nnc2ccc(N3CCC[C@H](C(=O)NCc4ccc(Cl)cc4)C3)nn12. The van der Waals surface area contributed by atoms with Gasteiger partial charge in [-0.1, -0.05) is 23.7 Å². The highest BCUT2D eigenvalue weighted by molar-refractivity contribution is 6.30. The van der Waals surface area contributed by atoms with Gasteiger partial charge in [0.05, 0.1) is 5.92 Å². The van der Waals surface area contributed by atoms with E-state index in [1.807, 2.05) is 43.3 Å². The van der Waals surface area contributed by atoms with Crippen molar-refractivity contribution in [3.8, 4) is 0 Å². The summed E-state index contributed by atoms with van der Waals surface area (Å²) in [5.41, 5.74) is 1.76. The van der Waals surface area contributed by atoms with Crippen LogP contribution in [0.3, 0.4) is 0 Å². The van der Waals surface area contributed by atoms with Gasteiger partial charge in [-0.15, -0.1) is 15.3 Å². The number of hydrogen-bond donors (Lipinski definition) is 1. The summed E-state index contributed by atoms with van der Waals surface area (Å²) in [4.78, 5) is 14.8. The van der Waals surface area contributed by atoms with Crippen molar-refractivity contribution in [2.24, 2.45) is 5.92 Å². The van der Waals surface area contributed by atoms with Gasteiger partial charge in [-0.05, 0) is 49.6 Å². The predicted molar refractivity (Wildman–Crippen MR) is 104 cm³/mol. The van der Waals surface area contributed by atoms with E-state index in [1.165, 1.54) is 0 Å². The number of hydrogen-bond acceptors (Lipinski definition) is 5. The summed E-state index contributed by atoms with van der Waals surface area (Å²) in [5, 5.41) is 16.5.